The molecule has 1 heterocycles. The zero-order valence-corrected chi connectivity index (χ0v) is 24.3. The molecule has 0 bridgehead atoms. The standard InChI is InChI=1S/C30H39NO7S/c1-6-10-16-30(7-2)20-39(34,35)26-18-22(17-24(28(32)37-8-3)29(33)38-9-4)25(36-5)19-23(26)27(31-30)21-14-12-11-13-15-21/h11-15,17-19,27,31H,6-10,16,20H2,1-5H3/p+1/t27-,30-/m1/s1. The fourth-order valence-corrected chi connectivity index (χ4v) is 7.18. The molecule has 0 aliphatic carbocycles. The molecule has 2 N–H and O–H groups in total. The lowest BCUT2D eigenvalue weighted by atomic mass is 9.87. The van der Waals surface area contributed by atoms with Crippen molar-refractivity contribution >= 4 is 28.2 Å². The Kier molecular flexibility index (Phi) is 10.5. The van der Waals surface area contributed by atoms with Gasteiger partial charge in [0.15, 0.2) is 10.6 Å². The van der Waals surface area contributed by atoms with Crippen LogP contribution in [0.25, 0.3) is 6.08 Å². The van der Waals surface area contributed by atoms with Crippen molar-refractivity contribution in [2.75, 3.05) is 26.1 Å². The predicted molar refractivity (Wildman–Crippen MR) is 152 cm³/mol. The van der Waals surface area contributed by atoms with Gasteiger partial charge < -0.3 is 14.2 Å². The van der Waals surface area contributed by atoms with Crippen molar-refractivity contribution in [1.29, 1.82) is 0 Å². The number of carbonyl (C=O) groups excluding carboxylic acids is 2. The minimum absolute atomic E-state index is 0.0327. The summed E-state index contributed by atoms with van der Waals surface area (Å²) in [5, 5.41) is 3.77. The third-order valence-corrected chi connectivity index (χ3v) is 9.03. The van der Waals surface area contributed by atoms with Crippen molar-refractivity contribution in [3.05, 3.63) is 64.7 Å². The lowest BCUT2D eigenvalue weighted by molar-refractivity contribution is -0.146. The maximum atomic E-state index is 14.1. The van der Waals surface area contributed by atoms with E-state index in [4.69, 9.17) is 14.2 Å². The molecule has 9 heteroatoms. The van der Waals surface area contributed by atoms with Crippen molar-refractivity contribution in [2.24, 2.45) is 0 Å². The molecule has 212 valence electrons. The molecule has 0 saturated heterocycles. The molecule has 39 heavy (non-hydrogen) atoms. The minimum atomic E-state index is -3.54. The first kappa shape index (κ1) is 30.5. The lowest BCUT2D eigenvalue weighted by Gasteiger charge is -2.34. The van der Waals surface area contributed by atoms with Crippen LogP contribution in [0.3, 0.4) is 0 Å². The van der Waals surface area contributed by atoms with Crippen LogP contribution in [0.2, 0.25) is 0 Å². The van der Waals surface area contributed by atoms with Crippen LogP contribution in [0.1, 0.15) is 76.1 Å². The van der Waals surface area contributed by atoms with Crippen molar-refractivity contribution in [3.8, 4) is 5.75 Å². The van der Waals surface area contributed by atoms with Gasteiger partial charge in [-0.3, -0.25) is 5.32 Å². The zero-order chi connectivity index (χ0) is 28.6. The van der Waals surface area contributed by atoms with Gasteiger partial charge in [-0.1, -0.05) is 61.2 Å². The fraction of sp³-hybridized carbons (Fsp3) is 0.467. The normalized spacial score (nSPS) is 22.3. The molecule has 1 aliphatic rings. The van der Waals surface area contributed by atoms with Crippen LogP contribution in [0.15, 0.2) is 52.9 Å². The van der Waals surface area contributed by atoms with E-state index in [0.29, 0.717) is 23.3 Å². The molecular formula is C30H40NO7S+. The van der Waals surface area contributed by atoms with E-state index in [-0.39, 0.29) is 35.5 Å². The maximum absolute atomic E-state index is 14.1. The highest BCUT2D eigenvalue weighted by Gasteiger charge is 2.49. The van der Waals surface area contributed by atoms with Crippen molar-refractivity contribution in [2.45, 2.75) is 69.9 Å². The van der Waals surface area contributed by atoms with Crippen molar-refractivity contribution < 1.29 is 32.6 Å². The zero-order valence-electron chi connectivity index (χ0n) is 23.5. The molecule has 0 aromatic heterocycles. The van der Waals surface area contributed by atoms with Crippen LogP contribution in [-0.2, 0) is 33.5 Å². The summed E-state index contributed by atoms with van der Waals surface area (Å²) in [6.07, 6.45) is 4.60. The number of hydrogen-bond acceptors (Lipinski definition) is 7. The molecule has 0 saturated carbocycles. The van der Waals surface area contributed by atoms with E-state index in [0.717, 1.165) is 24.8 Å². The molecular weight excluding hydrogens is 518 g/mol. The Labute approximate surface area is 232 Å². The highest BCUT2D eigenvalue weighted by Crippen LogP contribution is 2.43. The number of benzene rings is 2. The van der Waals surface area contributed by atoms with Gasteiger partial charge in [-0.15, -0.1) is 0 Å². The summed E-state index contributed by atoms with van der Waals surface area (Å²) in [4.78, 5) is 25.5. The second kappa shape index (κ2) is 13.4. The Hall–Kier alpha value is -3.01. The van der Waals surface area contributed by atoms with E-state index < -0.39 is 27.7 Å². The van der Waals surface area contributed by atoms with Gasteiger partial charge in [-0.2, -0.15) is 4.55 Å². The third-order valence-electron chi connectivity index (χ3n) is 7.05. The van der Waals surface area contributed by atoms with Crippen molar-refractivity contribution in [1.82, 2.24) is 5.32 Å². The van der Waals surface area contributed by atoms with Gasteiger partial charge in [-0.25, -0.2) is 9.59 Å². The van der Waals surface area contributed by atoms with Gasteiger partial charge in [0.2, 0.25) is 10.2 Å². The number of nitrogens with one attached hydrogen (secondary N) is 1. The molecule has 2 aromatic carbocycles. The first-order chi connectivity index (χ1) is 18.6. The van der Waals surface area contributed by atoms with Crippen molar-refractivity contribution in [3.63, 3.8) is 0 Å². The third kappa shape index (κ3) is 6.96. The summed E-state index contributed by atoms with van der Waals surface area (Å²) in [6.45, 7) is 7.56. The first-order valence-corrected chi connectivity index (χ1v) is 15.2. The van der Waals surface area contributed by atoms with Gasteiger partial charge in [0, 0.05) is 17.2 Å². The average molecular weight is 559 g/mol. The Morgan fingerprint density at radius 3 is 2.26 bits per heavy atom. The van der Waals surface area contributed by atoms with Crippen LogP contribution < -0.4 is 10.1 Å². The molecule has 0 amide bonds. The van der Waals surface area contributed by atoms with Crippen LogP contribution in [-0.4, -0.2) is 48.1 Å². The highest BCUT2D eigenvalue weighted by molar-refractivity contribution is 7.97. The molecule has 0 radical (unpaired) electrons. The quantitative estimate of drug-likeness (QED) is 0.121. The second-order valence-electron chi connectivity index (χ2n) is 9.64. The predicted octanol–water partition coefficient (Wildman–Crippen LogP) is 5.57. The van der Waals surface area contributed by atoms with Crippen LogP contribution in [0.5, 0.6) is 5.75 Å². The topological polar surface area (TPSA) is 111 Å². The van der Waals surface area contributed by atoms with Gasteiger partial charge in [0.25, 0.3) is 0 Å². The average Bonchev–Trinajstić information content (AvgIpc) is 3.02. The number of esters is 2. The molecule has 1 unspecified atom stereocenters. The molecule has 3 rings (SSSR count). The van der Waals surface area contributed by atoms with Crippen LogP contribution >= 0.6 is 0 Å². The molecule has 2 aromatic rings. The monoisotopic (exact) mass is 558 g/mol. The van der Waals surface area contributed by atoms with Gasteiger partial charge in [0.1, 0.15) is 11.3 Å². The molecule has 8 nitrogen and oxygen atoms in total. The summed E-state index contributed by atoms with van der Waals surface area (Å²) in [5.74, 6) is -1.31. The van der Waals surface area contributed by atoms with E-state index in [2.05, 4.69) is 12.2 Å². The lowest BCUT2D eigenvalue weighted by Crippen LogP contribution is -2.50. The first-order valence-electron chi connectivity index (χ1n) is 13.5. The number of rotatable bonds is 11. The number of fused-ring (bicyclic) bond motifs is 1. The van der Waals surface area contributed by atoms with Crippen LogP contribution in [0.4, 0.5) is 0 Å². The van der Waals surface area contributed by atoms with E-state index in [1.807, 2.05) is 37.3 Å². The molecule has 0 fully saturated rings. The SMILES string of the molecule is CCCC[C@]1(CC)C[S+](=O)(O)c2cc(C=C(C(=O)OCC)C(=O)OCC)c(OC)cc2[C@@H](c2ccccc2)N1. The summed E-state index contributed by atoms with van der Waals surface area (Å²) in [6, 6.07) is 12.7. The van der Waals surface area contributed by atoms with E-state index >= 15 is 0 Å². The summed E-state index contributed by atoms with van der Waals surface area (Å²) in [7, 11) is -2.07. The number of carbonyl (C=O) groups is 2. The summed E-state index contributed by atoms with van der Waals surface area (Å²) >= 11 is 0. The van der Waals surface area contributed by atoms with E-state index in [1.54, 1.807) is 26.0 Å². The fourth-order valence-electron chi connectivity index (χ4n) is 4.98. The largest absolute Gasteiger partial charge is 0.496 e. The Morgan fingerprint density at radius 2 is 1.72 bits per heavy atom. The molecule has 3 atom stereocenters. The number of methoxy groups -OCH3 is 1. The van der Waals surface area contributed by atoms with Gasteiger partial charge in [0.05, 0.1) is 31.9 Å². The Morgan fingerprint density at radius 1 is 1.08 bits per heavy atom. The van der Waals surface area contributed by atoms with E-state index in [1.165, 1.54) is 13.2 Å². The number of ether oxygens (including phenoxy) is 3. The van der Waals surface area contributed by atoms with Gasteiger partial charge in [-0.05, 0) is 44.4 Å². The maximum Gasteiger partial charge on any atom is 0.345 e. The smallest absolute Gasteiger partial charge is 0.345 e. The Balaban J connectivity index is 2.30. The summed E-state index contributed by atoms with van der Waals surface area (Å²) < 4.78 is 41.6. The summed E-state index contributed by atoms with van der Waals surface area (Å²) in [5.41, 5.74) is 0.973. The highest BCUT2D eigenvalue weighted by atomic mass is 32.3. The number of unbranched alkanes of at least 4 members (excludes halogenated alkanes) is 1. The van der Waals surface area contributed by atoms with Crippen LogP contribution in [0, 0.1) is 0 Å². The van der Waals surface area contributed by atoms with E-state index in [9.17, 15) is 18.4 Å². The Bertz CT molecular complexity index is 1220. The molecule has 1 aliphatic heterocycles. The van der Waals surface area contributed by atoms with Gasteiger partial charge >= 0.3 is 11.9 Å². The number of hydrogen-bond donors (Lipinski definition) is 2. The second-order valence-corrected chi connectivity index (χ2v) is 11.7. The molecule has 0 spiro atoms. The minimum Gasteiger partial charge on any atom is -0.496 e.